The number of benzene rings is 1. The number of rotatable bonds is 6. The van der Waals surface area contributed by atoms with Gasteiger partial charge < -0.3 is 19.7 Å². The van der Waals surface area contributed by atoms with Gasteiger partial charge in [0.05, 0.1) is 6.61 Å². The first-order chi connectivity index (χ1) is 12.4. The molecule has 144 valence electrons. The highest BCUT2D eigenvalue weighted by atomic mass is 16.6. The van der Waals surface area contributed by atoms with Crippen LogP contribution >= 0.6 is 0 Å². The van der Waals surface area contributed by atoms with Gasteiger partial charge in [0.25, 0.3) is 5.91 Å². The normalized spacial score (nSPS) is 15.0. The molecule has 0 aliphatic carbocycles. The van der Waals surface area contributed by atoms with E-state index < -0.39 is 0 Å². The van der Waals surface area contributed by atoms with Crippen molar-refractivity contribution in [3.8, 4) is 5.75 Å². The Morgan fingerprint density at radius 3 is 2.58 bits per heavy atom. The SMILES string of the molecule is CCOC(=O)N1CCC(NC(=O)COc2cc(C(C)C)ccc2C)CC1. The number of aryl methyl sites for hydroxylation is 1. The minimum atomic E-state index is -0.277. The van der Waals surface area contributed by atoms with Gasteiger partial charge in [-0.05, 0) is 49.8 Å². The van der Waals surface area contributed by atoms with E-state index in [1.54, 1.807) is 11.8 Å². The van der Waals surface area contributed by atoms with E-state index in [-0.39, 0.29) is 24.6 Å². The maximum absolute atomic E-state index is 12.2. The highest BCUT2D eigenvalue weighted by molar-refractivity contribution is 5.78. The van der Waals surface area contributed by atoms with Crippen LogP contribution in [0.4, 0.5) is 4.79 Å². The Labute approximate surface area is 155 Å². The zero-order valence-corrected chi connectivity index (χ0v) is 16.2. The van der Waals surface area contributed by atoms with Gasteiger partial charge in [0.2, 0.25) is 0 Å². The summed E-state index contributed by atoms with van der Waals surface area (Å²) in [5.41, 5.74) is 2.21. The zero-order chi connectivity index (χ0) is 19.1. The molecule has 0 saturated carbocycles. The molecule has 1 saturated heterocycles. The highest BCUT2D eigenvalue weighted by Gasteiger charge is 2.24. The van der Waals surface area contributed by atoms with Gasteiger partial charge in [-0.2, -0.15) is 0 Å². The number of hydrogen-bond acceptors (Lipinski definition) is 4. The Morgan fingerprint density at radius 1 is 1.27 bits per heavy atom. The number of carbonyl (C=O) groups is 2. The fraction of sp³-hybridized carbons (Fsp3) is 0.600. The molecular formula is C20H30N2O4. The van der Waals surface area contributed by atoms with Crippen molar-refractivity contribution < 1.29 is 19.1 Å². The van der Waals surface area contributed by atoms with Gasteiger partial charge >= 0.3 is 6.09 Å². The molecule has 0 spiro atoms. The third-order valence-electron chi connectivity index (χ3n) is 4.62. The lowest BCUT2D eigenvalue weighted by Crippen LogP contribution is -2.47. The van der Waals surface area contributed by atoms with Crippen LogP contribution in [0.15, 0.2) is 18.2 Å². The topological polar surface area (TPSA) is 67.9 Å². The second-order valence-corrected chi connectivity index (χ2v) is 7.00. The lowest BCUT2D eigenvalue weighted by Gasteiger charge is -2.31. The van der Waals surface area contributed by atoms with Crippen LogP contribution in [0.1, 0.15) is 50.7 Å². The molecule has 0 radical (unpaired) electrons. The molecular weight excluding hydrogens is 332 g/mol. The van der Waals surface area contributed by atoms with Crippen LogP contribution < -0.4 is 10.1 Å². The lowest BCUT2D eigenvalue weighted by atomic mass is 10.0. The van der Waals surface area contributed by atoms with Crippen LogP contribution in [-0.2, 0) is 9.53 Å². The summed E-state index contributed by atoms with van der Waals surface area (Å²) in [5.74, 6) is 1.04. The second kappa shape index (κ2) is 9.46. The number of carbonyl (C=O) groups excluding carboxylic acids is 2. The van der Waals surface area contributed by atoms with Gasteiger partial charge in [-0.1, -0.05) is 26.0 Å². The van der Waals surface area contributed by atoms with Gasteiger partial charge in [-0.25, -0.2) is 4.79 Å². The molecule has 26 heavy (non-hydrogen) atoms. The maximum atomic E-state index is 12.2. The molecule has 2 amide bonds. The fourth-order valence-corrected chi connectivity index (χ4v) is 2.97. The molecule has 0 aromatic heterocycles. The summed E-state index contributed by atoms with van der Waals surface area (Å²) < 4.78 is 10.7. The molecule has 1 aromatic rings. The molecule has 1 N–H and O–H groups in total. The molecule has 0 bridgehead atoms. The summed E-state index contributed by atoms with van der Waals surface area (Å²) in [6, 6.07) is 6.18. The Kier molecular flexibility index (Phi) is 7.30. The van der Waals surface area contributed by atoms with Crippen molar-refractivity contribution in [2.45, 2.75) is 52.5 Å². The molecule has 1 heterocycles. The Balaban J connectivity index is 1.78. The number of hydrogen-bond donors (Lipinski definition) is 1. The highest BCUT2D eigenvalue weighted by Crippen LogP contribution is 2.24. The predicted octanol–water partition coefficient (Wildman–Crippen LogP) is 3.23. The van der Waals surface area contributed by atoms with E-state index in [1.165, 1.54) is 5.56 Å². The van der Waals surface area contributed by atoms with Crippen molar-refractivity contribution >= 4 is 12.0 Å². The maximum Gasteiger partial charge on any atom is 0.409 e. The molecule has 0 atom stereocenters. The van der Waals surface area contributed by atoms with Gasteiger partial charge in [0.1, 0.15) is 5.75 Å². The summed E-state index contributed by atoms with van der Waals surface area (Å²) in [7, 11) is 0. The number of amides is 2. The molecule has 1 aliphatic rings. The summed E-state index contributed by atoms with van der Waals surface area (Å²) in [6.07, 6.45) is 1.18. The molecule has 6 nitrogen and oxygen atoms in total. The zero-order valence-electron chi connectivity index (χ0n) is 16.2. The quantitative estimate of drug-likeness (QED) is 0.844. The monoisotopic (exact) mass is 362 g/mol. The van der Waals surface area contributed by atoms with Crippen molar-refractivity contribution in [2.75, 3.05) is 26.3 Å². The lowest BCUT2D eigenvalue weighted by molar-refractivity contribution is -0.124. The largest absolute Gasteiger partial charge is 0.483 e. The van der Waals surface area contributed by atoms with E-state index in [1.807, 2.05) is 19.1 Å². The first-order valence-corrected chi connectivity index (χ1v) is 9.35. The average molecular weight is 362 g/mol. The Morgan fingerprint density at radius 2 is 1.96 bits per heavy atom. The summed E-state index contributed by atoms with van der Waals surface area (Å²) in [4.78, 5) is 25.6. The number of nitrogens with zero attached hydrogens (tertiary/aromatic N) is 1. The number of nitrogens with one attached hydrogen (secondary N) is 1. The molecule has 1 aliphatic heterocycles. The minimum absolute atomic E-state index is 0.000475. The van der Waals surface area contributed by atoms with Crippen molar-refractivity contribution in [2.24, 2.45) is 0 Å². The van der Waals surface area contributed by atoms with Gasteiger partial charge in [-0.3, -0.25) is 4.79 Å². The smallest absolute Gasteiger partial charge is 0.409 e. The molecule has 2 rings (SSSR count). The van der Waals surface area contributed by atoms with Gasteiger partial charge in [-0.15, -0.1) is 0 Å². The summed E-state index contributed by atoms with van der Waals surface area (Å²) in [5, 5.41) is 2.99. The number of piperidine rings is 1. The van der Waals surface area contributed by atoms with Crippen LogP contribution in [-0.4, -0.2) is 49.2 Å². The molecule has 1 aromatic carbocycles. The molecule has 6 heteroatoms. The van der Waals surface area contributed by atoms with Crippen molar-refractivity contribution in [1.82, 2.24) is 10.2 Å². The van der Waals surface area contributed by atoms with E-state index >= 15 is 0 Å². The summed E-state index contributed by atoms with van der Waals surface area (Å²) >= 11 is 0. The van der Waals surface area contributed by atoms with Gasteiger partial charge in [0.15, 0.2) is 6.61 Å². The first-order valence-electron chi connectivity index (χ1n) is 9.35. The van der Waals surface area contributed by atoms with Crippen molar-refractivity contribution in [3.05, 3.63) is 29.3 Å². The average Bonchev–Trinajstić information content (AvgIpc) is 2.61. The van der Waals surface area contributed by atoms with E-state index in [2.05, 4.69) is 25.2 Å². The summed E-state index contributed by atoms with van der Waals surface area (Å²) in [6.45, 7) is 9.60. The predicted molar refractivity (Wildman–Crippen MR) is 101 cm³/mol. The van der Waals surface area contributed by atoms with Crippen LogP contribution in [0.2, 0.25) is 0 Å². The van der Waals surface area contributed by atoms with Crippen LogP contribution in [0.5, 0.6) is 5.75 Å². The standard InChI is InChI=1S/C20H30N2O4/c1-5-25-20(24)22-10-8-17(9-11-22)21-19(23)13-26-18-12-16(14(2)3)7-6-15(18)4/h6-7,12,14,17H,5,8-11,13H2,1-4H3,(H,21,23). The van der Waals surface area contributed by atoms with Crippen LogP contribution in [0, 0.1) is 6.92 Å². The van der Waals surface area contributed by atoms with Crippen LogP contribution in [0.25, 0.3) is 0 Å². The number of likely N-dealkylation sites (tertiary alicyclic amines) is 1. The van der Waals surface area contributed by atoms with Crippen LogP contribution in [0.3, 0.4) is 0 Å². The van der Waals surface area contributed by atoms with E-state index in [0.29, 0.717) is 25.6 Å². The Bertz CT molecular complexity index is 622. The van der Waals surface area contributed by atoms with Crippen molar-refractivity contribution in [3.63, 3.8) is 0 Å². The third-order valence-corrected chi connectivity index (χ3v) is 4.62. The number of ether oxygens (including phenoxy) is 2. The second-order valence-electron chi connectivity index (χ2n) is 7.00. The fourth-order valence-electron chi connectivity index (χ4n) is 2.97. The molecule has 0 unspecified atom stereocenters. The van der Waals surface area contributed by atoms with E-state index in [9.17, 15) is 9.59 Å². The van der Waals surface area contributed by atoms with E-state index in [0.717, 1.165) is 24.2 Å². The molecule has 1 fully saturated rings. The first kappa shape index (κ1) is 20.1. The van der Waals surface area contributed by atoms with E-state index in [4.69, 9.17) is 9.47 Å². The van der Waals surface area contributed by atoms with Crippen molar-refractivity contribution in [1.29, 1.82) is 0 Å². The third kappa shape index (κ3) is 5.64. The Hall–Kier alpha value is -2.24. The minimum Gasteiger partial charge on any atom is -0.483 e. The van der Waals surface area contributed by atoms with Gasteiger partial charge in [0, 0.05) is 19.1 Å².